The number of hydrogen-bond acceptors (Lipinski definition) is 2. The van der Waals surface area contributed by atoms with Gasteiger partial charge in [-0.05, 0) is 0 Å². The van der Waals surface area contributed by atoms with Crippen LogP contribution in [0.5, 0.6) is 0 Å². The van der Waals surface area contributed by atoms with Crippen molar-refractivity contribution in [3.63, 3.8) is 0 Å². The molecule has 0 spiro atoms. The highest BCUT2D eigenvalue weighted by Crippen LogP contribution is 1.98. The van der Waals surface area contributed by atoms with Gasteiger partial charge in [0, 0.05) is 32.3 Å². The Bertz CT molecular complexity index is 301. The lowest BCUT2D eigenvalue weighted by Crippen LogP contribution is -1.99. The van der Waals surface area contributed by atoms with E-state index in [0.717, 1.165) is 25.7 Å². The fourth-order valence-corrected chi connectivity index (χ4v) is 0.964. The SMILES string of the molecule is C=CCc1nccn1CC=C.CC(=O)O. The molecule has 0 aromatic carbocycles. The molecule has 0 aliphatic heterocycles. The molecule has 1 rings (SSSR count). The van der Waals surface area contributed by atoms with E-state index in [1.807, 2.05) is 18.3 Å². The molecule has 0 fully saturated rings. The van der Waals surface area contributed by atoms with Gasteiger partial charge in [-0.1, -0.05) is 12.2 Å². The van der Waals surface area contributed by atoms with Crippen LogP contribution in [0.15, 0.2) is 37.7 Å². The molecule has 15 heavy (non-hydrogen) atoms. The van der Waals surface area contributed by atoms with Gasteiger partial charge >= 0.3 is 0 Å². The molecule has 1 heterocycles. The standard InChI is InChI=1S/C9H12N2.C2H4O2/c1-3-5-9-10-6-8-11(9)7-4-2;1-2(3)4/h3-4,6,8H,1-2,5,7H2;1H3,(H,3,4). The van der Waals surface area contributed by atoms with Crippen molar-refractivity contribution in [2.45, 2.75) is 19.9 Å². The summed E-state index contributed by atoms with van der Waals surface area (Å²) in [7, 11) is 0. The maximum absolute atomic E-state index is 9.00. The smallest absolute Gasteiger partial charge is 0.300 e. The molecule has 0 unspecified atom stereocenters. The first-order valence-electron chi connectivity index (χ1n) is 4.53. The topological polar surface area (TPSA) is 55.1 Å². The Morgan fingerprint density at radius 1 is 1.60 bits per heavy atom. The maximum atomic E-state index is 9.00. The molecule has 0 saturated carbocycles. The molecule has 0 aliphatic carbocycles. The zero-order valence-electron chi connectivity index (χ0n) is 8.89. The van der Waals surface area contributed by atoms with E-state index in [1.165, 1.54) is 0 Å². The molecule has 1 aromatic rings. The van der Waals surface area contributed by atoms with Gasteiger partial charge in [-0.3, -0.25) is 4.79 Å². The maximum Gasteiger partial charge on any atom is 0.300 e. The summed E-state index contributed by atoms with van der Waals surface area (Å²) in [4.78, 5) is 13.2. The fourth-order valence-electron chi connectivity index (χ4n) is 0.964. The van der Waals surface area contributed by atoms with Crippen molar-refractivity contribution >= 4 is 5.97 Å². The van der Waals surface area contributed by atoms with E-state index in [9.17, 15) is 0 Å². The van der Waals surface area contributed by atoms with Crippen LogP contribution in [-0.2, 0) is 17.8 Å². The molecule has 0 aliphatic rings. The van der Waals surface area contributed by atoms with E-state index in [1.54, 1.807) is 6.20 Å². The Kier molecular flexibility index (Phi) is 6.63. The zero-order valence-corrected chi connectivity index (χ0v) is 8.89. The summed E-state index contributed by atoms with van der Waals surface area (Å²) in [5.41, 5.74) is 0. The number of carboxylic acids is 1. The Hall–Kier alpha value is -1.84. The van der Waals surface area contributed by atoms with Gasteiger partial charge in [-0.15, -0.1) is 13.2 Å². The highest BCUT2D eigenvalue weighted by Gasteiger charge is 1.96. The number of nitrogens with zero attached hydrogens (tertiary/aromatic N) is 2. The highest BCUT2D eigenvalue weighted by atomic mass is 16.4. The van der Waals surface area contributed by atoms with Crippen molar-refractivity contribution in [1.29, 1.82) is 0 Å². The molecule has 0 bridgehead atoms. The van der Waals surface area contributed by atoms with Crippen LogP contribution in [0.4, 0.5) is 0 Å². The molecule has 1 aromatic heterocycles. The summed E-state index contributed by atoms with van der Waals surface area (Å²) in [5.74, 6) is 0.208. The molecule has 0 radical (unpaired) electrons. The summed E-state index contributed by atoms with van der Waals surface area (Å²) in [5, 5.41) is 7.42. The van der Waals surface area contributed by atoms with E-state index in [-0.39, 0.29) is 0 Å². The van der Waals surface area contributed by atoms with E-state index in [0.29, 0.717) is 0 Å². The van der Waals surface area contributed by atoms with Gasteiger partial charge < -0.3 is 9.67 Å². The van der Waals surface area contributed by atoms with Crippen LogP contribution in [0.1, 0.15) is 12.7 Å². The third-order valence-corrected chi connectivity index (χ3v) is 1.45. The van der Waals surface area contributed by atoms with Gasteiger partial charge in [-0.25, -0.2) is 4.98 Å². The summed E-state index contributed by atoms with van der Waals surface area (Å²) in [6.45, 7) is 9.23. The summed E-state index contributed by atoms with van der Waals surface area (Å²) >= 11 is 0. The van der Waals surface area contributed by atoms with E-state index in [4.69, 9.17) is 9.90 Å². The molecule has 0 atom stereocenters. The normalized spacial score (nSPS) is 8.60. The van der Waals surface area contributed by atoms with Gasteiger partial charge in [0.25, 0.3) is 5.97 Å². The number of rotatable bonds is 4. The molecule has 0 amide bonds. The van der Waals surface area contributed by atoms with Crippen LogP contribution in [0, 0.1) is 0 Å². The first kappa shape index (κ1) is 13.2. The zero-order chi connectivity index (χ0) is 11.7. The first-order chi connectivity index (χ1) is 7.11. The Morgan fingerprint density at radius 2 is 2.20 bits per heavy atom. The summed E-state index contributed by atoms with van der Waals surface area (Å²) in [6.07, 6.45) is 8.26. The largest absolute Gasteiger partial charge is 0.481 e. The van der Waals surface area contributed by atoms with Gasteiger partial charge in [0.1, 0.15) is 5.82 Å². The Morgan fingerprint density at radius 3 is 2.67 bits per heavy atom. The van der Waals surface area contributed by atoms with Crippen LogP contribution in [-0.4, -0.2) is 20.6 Å². The third-order valence-electron chi connectivity index (χ3n) is 1.45. The average Bonchev–Trinajstić information content (AvgIpc) is 2.53. The van der Waals surface area contributed by atoms with E-state index in [2.05, 4.69) is 22.7 Å². The van der Waals surface area contributed by atoms with Gasteiger partial charge in [0.15, 0.2) is 0 Å². The van der Waals surface area contributed by atoms with Crippen molar-refractivity contribution in [2.75, 3.05) is 0 Å². The molecule has 0 saturated heterocycles. The number of aromatic nitrogens is 2. The number of aliphatic carboxylic acids is 1. The van der Waals surface area contributed by atoms with Crippen LogP contribution < -0.4 is 0 Å². The molecular weight excluding hydrogens is 192 g/mol. The second-order valence-electron chi connectivity index (χ2n) is 2.80. The Labute approximate surface area is 89.6 Å². The Balaban J connectivity index is 0.000000423. The predicted molar refractivity (Wildman–Crippen MR) is 59.6 cm³/mol. The van der Waals surface area contributed by atoms with Gasteiger partial charge in [0.2, 0.25) is 0 Å². The van der Waals surface area contributed by atoms with Gasteiger partial charge in [-0.2, -0.15) is 0 Å². The number of imidazole rings is 1. The van der Waals surface area contributed by atoms with Crippen LogP contribution in [0.25, 0.3) is 0 Å². The third kappa shape index (κ3) is 6.26. The number of allylic oxidation sites excluding steroid dienone is 2. The lowest BCUT2D eigenvalue weighted by Gasteiger charge is -2.00. The lowest BCUT2D eigenvalue weighted by molar-refractivity contribution is -0.134. The number of carboxylic acid groups (broad SMARTS) is 1. The predicted octanol–water partition coefficient (Wildman–Crippen LogP) is 1.89. The molecule has 4 nitrogen and oxygen atoms in total. The number of hydrogen-bond donors (Lipinski definition) is 1. The first-order valence-corrected chi connectivity index (χ1v) is 4.53. The van der Waals surface area contributed by atoms with Crippen molar-refractivity contribution in [3.05, 3.63) is 43.5 Å². The van der Waals surface area contributed by atoms with Crippen LogP contribution in [0.2, 0.25) is 0 Å². The minimum Gasteiger partial charge on any atom is -0.481 e. The van der Waals surface area contributed by atoms with Crippen molar-refractivity contribution in [1.82, 2.24) is 9.55 Å². The minimum absolute atomic E-state index is 0.820. The fraction of sp³-hybridized carbons (Fsp3) is 0.273. The van der Waals surface area contributed by atoms with Crippen LogP contribution >= 0.6 is 0 Å². The molecule has 82 valence electrons. The monoisotopic (exact) mass is 208 g/mol. The van der Waals surface area contributed by atoms with E-state index < -0.39 is 5.97 Å². The average molecular weight is 208 g/mol. The molecule has 4 heteroatoms. The number of carbonyl (C=O) groups is 1. The van der Waals surface area contributed by atoms with Crippen molar-refractivity contribution in [3.8, 4) is 0 Å². The second kappa shape index (κ2) is 7.55. The van der Waals surface area contributed by atoms with E-state index >= 15 is 0 Å². The minimum atomic E-state index is -0.833. The van der Waals surface area contributed by atoms with Crippen molar-refractivity contribution < 1.29 is 9.90 Å². The van der Waals surface area contributed by atoms with Gasteiger partial charge in [0.05, 0.1) is 0 Å². The quantitative estimate of drug-likeness (QED) is 0.769. The summed E-state index contributed by atoms with van der Waals surface area (Å²) < 4.78 is 2.05. The van der Waals surface area contributed by atoms with Crippen molar-refractivity contribution in [2.24, 2.45) is 0 Å². The summed E-state index contributed by atoms with van der Waals surface area (Å²) in [6, 6.07) is 0. The highest BCUT2D eigenvalue weighted by molar-refractivity contribution is 5.62. The lowest BCUT2D eigenvalue weighted by atomic mass is 10.4. The second-order valence-corrected chi connectivity index (χ2v) is 2.80. The molecule has 1 N–H and O–H groups in total. The molecular formula is C11H16N2O2. The van der Waals surface area contributed by atoms with Crippen LogP contribution in [0.3, 0.4) is 0 Å².